The molecule has 2 unspecified atom stereocenters. The van der Waals surface area contributed by atoms with Crippen LogP contribution >= 0.6 is 11.6 Å². The standard InChI is InChI=1S/C14H20ClNO/c15-12-6-4-7-13(9-12)17-14-8-3-1-2-5-11(14)10-16/h4,6-7,9,11,14H,1-3,5,8,10,16H2. The molecule has 1 aliphatic carbocycles. The van der Waals surface area contributed by atoms with E-state index in [1.54, 1.807) is 0 Å². The molecule has 0 bridgehead atoms. The number of ether oxygens (including phenoxy) is 1. The Labute approximate surface area is 108 Å². The largest absolute Gasteiger partial charge is 0.490 e. The van der Waals surface area contributed by atoms with Crippen molar-refractivity contribution in [3.63, 3.8) is 0 Å². The van der Waals surface area contributed by atoms with E-state index in [-0.39, 0.29) is 6.10 Å². The molecule has 3 heteroatoms. The summed E-state index contributed by atoms with van der Waals surface area (Å²) in [6.45, 7) is 0.714. The van der Waals surface area contributed by atoms with Crippen molar-refractivity contribution in [1.29, 1.82) is 0 Å². The minimum Gasteiger partial charge on any atom is -0.490 e. The molecule has 0 radical (unpaired) electrons. The molecule has 0 aromatic heterocycles. The maximum Gasteiger partial charge on any atom is 0.121 e. The predicted molar refractivity (Wildman–Crippen MR) is 71.5 cm³/mol. The lowest BCUT2D eigenvalue weighted by Gasteiger charge is -2.25. The molecule has 2 N–H and O–H groups in total. The Morgan fingerprint density at radius 1 is 1.24 bits per heavy atom. The topological polar surface area (TPSA) is 35.2 Å². The van der Waals surface area contributed by atoms with Gasteiger partial charge in [-0.15, -0.1) is 0 Å². The van der Waals surface area contributed by atoms with Crippen LogP contribution in [0.2, 0.25) is 5.02 Å². The molecule has 0 heterocycles. The molecule has 94 valence electrons. The average Bonchev–Trinajstić information content (AvgIpc) is 2.54. The van der Waals surface area contributed by atoms with Crippen LogP contribution in [0.4, 0.5) is 0 Å². The Bertz CT molecular complexity index is 356. The fourth-order valence-corrected chi connectivity index (χ4v) is 2.67. The molecule has 0 spiro atoms. The summed E-state index contributed by atoms with van der Waals surface area (Å²) in [7, 11) is 0. The van der Waals surface area contributed by atoms with Crippen LogP contribution in [0.3, 0.4) is 0 Å². The number of rotatable bonds is 3. The molecule has 0 aliphatic heterocycles. The molecule has 1 aromatic rings. The van der Waals surface area contributed by atoms with Gasteiger partial charge in [-0.25, -0.2) is 0 Å². The number of hydrogen-bond acceptors (Lipinski definition) is 2. The van der Waals surface area contributed by atoms with E-state index in [0.29, 0.717) is 12.5 Å². The van der Waals surface area contributed by atoms with E-state index in [1.807, 2.05) is 24.3 Å². The smallest absolute Gasteiger partial charge is 0.121 e. The Morgan fingerprint density at radius 3 is 2.82 bits per heavy atom. The molecule has 2 nitrogen and oxygen atoms in total. The second-order valence-electron chi connectivity index (χ2n) is 4.75. The molecular formula is C14H20ClNO. The van der Waals surface area contributed by atoms with E-state index in [1.165, 1.54) is 25.7 Å². The summed E-state index contributed by atoms with van der Waals surface area (Å²) in [5.41, 5.74) is 5.84. The van der Waals surface area contributed by atoms with Gasteiger partial charge in [-0.2, -0.15) is 0 Å². The van der Waals surface area contributed by atoms with Crippen molar-refractivity contribution in [1.82, 2.24) is 0 Å². The highest BCUT2D eigenvalue weighted by Gasteiger charge is 2.24. The lowest BCUT2D eigenvalue weighted by atomic mass is 9.97. The van der Waals surface area contributed by atoms with Crippen LogP contribution in [0.1, 0.15) is 32.1 Å². The minimum atomic E-state index is 0.251. The normalized spacial score (nSPS) is 25.3. The van der Waals surface area contributed by atoms with Crippen molar-refractivity contribution in [2.24, 2.45) is 11.7 Å². The molecule has 1 aliphatic rings. The first kappa shape index (κ1) is 12.7. The highest BCUT2D eigenvalue weighted by Crippen LogP contribution is 2.28. The predicted octanol–water partition coefficient (Wildman–Crippen LogP) is 3.63. The van der Waals surface area contributed by atoms with Crippen molar-refractivity contribution in [3.8, 4) is 5.75 Å². The van der Waals surface area contributed by atoms with Gasteiger partial charge < -0.3 is 10.5 Å². The third-order valence-corrected chi connectivity index (χ3v) is 3.71. The van der Waals surface area contributed by atoms with Gasteiger partial charge in [0.05, 0.1) is 0 Å². The van der Waals surface area contributed by atoms with Crippen molar-refractivity contribution in [2.45, 2.75) is 38.2 Å². The van der Waals surface area contributed by atoms with Gasteiger partial charge in [-0.1, -0.05) is 30.5 Å². The minimum absolute atomic E-state index is 0.251. The summed E-state index contributed by atoms with van der Waals surface area (Å²) < 4.78 is 6.06. The van der Waals surface area contributed by atoms with Crippen LogP contribution in [-0.2, 0) is 0 Å². The number of nitrogens with two attached hydrogens (primary N) is 1. The van der Waals surface area contributed by atoms with Gasteiger partial charge >= 0.3 is 0 Å². The zero-order valence-corrected chi connectivity index (χ0v) is 10.8. The lowest BCUT2D eigenvalue weighted by molar-refractivity contribution is 0.129. The van der Waals surface area contributed by atoms with Crippen LogP contribution in [0.15, 0.2) is 24.3 Å². The summed E-state index contributed by atoms with van der Waals surface area (Å²) in [6, 6.07) is 7.62. The third-order valence-electron chi connectivity index (χ3n) is 3.48. The summed E-state index contributed by atoms with van der Waals surface area (Å²) in [4.78, 5) is 0. The van der Waals surface area contributed by atoms with Crippen LogP contribution in [0, 0.1) is 5.92 Å². The Balaban J connectivity index is 2.04. The lowest BCUT2D eigenvalue weighted by Crippen LogP contribution is -2.31. The molecular weight excluding hydrogens is 234 g/mol. The fraction of sp³-hybridized carbons (Fsp3) is 0.571. The van der Waals surface area contributed by atoms with Crippen LogP contribution in [0.25, 0.3) is 0 Å². The molecule has 1 saturated carbocycles. The molecule has 1 fully saturated rings. The van der Waals surface area contributed by atoms with Crippen LogP contribution < -0.4 is 10.5 Å². The third kappa shape index (κ3) is 3.62. The highest BCUT2D eigenvalue weighted by molar-refractivity contribution is 6.30. The van der Waals surface area contributed by atoms with Gasteiger partial charge in [0, 0.05) is 10.9 Å². The van der Waals surface area contributed by atoms with Gasteiger partial charge in [-0.3, -0.25) is 0 Å². The van der Waals surface area contributed by atoms with Crippen molar-refractivity contribution >= 4 is 11.6 Å². The van der Waals surface area contributed by atoms with Crippen molar-refractivity contribution in [3.05, 3.63) is 29.3 Å². The number of benzene rings is 1. The van der Waals surface area contributed by atoms with Gasteiger partial charge in [0.25, 0.3) is 0 Å². The molecule has 0 amide bonds. The first-order valence-corrected chi connectivity index (χ1v) is 6.79. The van der Waals surface area contributed by atoms with Crippen LogP contribution in [-0.4, -0.2) is 12.6 Å². The molecule has 1 aromatic carbocycles. The van der Waals surface area contributed by atoms with Crippen LogP contribution in [0.5, 0.6) is 5.75 Å². The number of halogens is 1. The first-order valence-electron chi connectivity index (χ1n) is 6.42. The zero-order chi connectivity index (χ0) is 12.1. The Hall–Kier alpha value is -0.730. The van der Waals surface area contributed by atoms with E-state index in [2.05, 4.69) is 0 Å². The van der Waals surface area contributed by atoms with Gasteiger partial charge in [0.1, 0.15) is 11.9 Å². The van der Waals surface area contributed by atoms with E-state index in [9.17, 15) is 0 Å². The van der Waals surface area contributed by atoms with Crippen molar-refractivity contribution < 1.29 is 4.74 Å². The molecule has 2 atom stereocenters. The summed E-state index contributed by atoms with van der Waals surface area (Å²) in [6.07, 6.45) is 6.35. The number of hydrogen-bond donors (Lipinski definition) is 1. The highest BCUT2D eigenvalue weighted by atomic mass is 35.5. The van der Waals surface area contributed by atoms with E-state index in [0.717, 1.165) is 17.2 Å². The summed E-state index contributed by atoms with van der Waals surface area (Å²) in [5, 5.41) is 0.723. The second-order valence-corrected chi connectivity index (χ2v) is 5.18. The zero-order valence-electron chi connectivity index (χ0n) is 10.1. The molecule has 17 heavy (non-hydrogen) atoms. The van der Waals surface area contributed by atoms with Gasteiger partial charge in [-0.05, 0) is 44.0 Å². The van der Waals surface area contributed by atoms with Gasteiger partial charge in [0.2, 0.25) is 0 Å². The van der Waals surface area contributed by atoms with E-state index in [4.69, 9.17) is 22.1 Å². The molecule has 2 rings (SSSR count). The maximum absolute atomic E-state index is 6.06. The fourth-order valence-electron chi connectivity index (χ4n) is 2.49. The SMILES string of the molecule is NCC1CCCCCC1Oc1cccc(Cl)c1. The summed E-state index contributed by atoms with van der Waals surface area (Å²) in [5.74, 6) is 1.35. The Morgan fingerprint density at radius 2 is 2.06 bits per heavy atom. The average molecular weight is 254 g/mol. The Kier molecular flexibility index (Phi) is 4.69. The monoisotopic (exact) mass is 253 g/mol. The second kappa shape index (κ2) is 6.27. The van der Waals surface area contributed by atoms with Gasteiger partial charge in [0.15, 0.2) is 0 Å². The van der Waals surface area contributed by atoms with Crippen molar-refractivity contribution in [2.75, 3.05) is 6.54 Å². The maximum atomic E-state index is 6.06. The molecule has 0 saturated heterocycles. The quantitative estimate of drug-likeness (QED) is 0.835. The van der Waals surface area contributed by atoms with E-state index >= 15 is 0 Å². The summed E-state index contributed by atoms with van der Waals surface area (Å²) >= 11 is 5.96. The van der Waals surface area contributed by atoms with E-state index < -0.39 is 0 Å². The first-order chi connectivity index (χ1) is 8.29.